The van der Waals surface area contributed by atoms with Gasteiger partial charge in [-0.3, -0.25) is 4.21 Å². The smallest absolute Gasteiger partial charge is 0.0439 e. The van der Waals surface area contributed by atoms with Gasteiger partial charge < -0.3 is 5.32 Å². The number of rotatable bonds is 7. The fourth-order valence-corrected chi connectivity index (χ4v) is 3.27. The normalized spacial score (nSPS) is 14.5. The summed E-state index contributed by atoms with van der Waals surface area (Å²) in [5.74, 6) is 1.51. The van der Waals surface area contributed by atoms with Gasteiger partial charge in [0.15, 0.2) is 0 Å². The van der Waals surface area contributed by atoms with Crippen LogP contribution in [0.2, 0.25) is 0 Å². The van der Waals surface area contributed by atoms with Crippen LogP contribution in [0.5, 0.6) is 0 Å². The Kier molecular flexibility index (Phi) is 6.45. The minimum atomic E-state index is -0.723. The van der Waals surface area contributed by atoms with Crippen molar-refractivity contribution in [1.29, 1.82) is 0 Å². The van der Waals surface area contributed by atoms with E-state index in [0.29, 0.717) is 5.75 Å². The third-order valence-corrected chi connectivity index (χ3v) is 4.37. The minimum Gasteiger partial charge on any atom is -0.309 e. The molecule has 0 aliphatic rings. The molecule has 3 heteroatoms. The van der Waals surface area contributed by atoms with Gasteiger partial charge in [-0.15, -0.1) is 0 Å². The molecule has 2 atom stereocenters. The molecule has 0 aliphatic carbocycles. The lowest BCUT2D eigenvalue weighted by Crippen LogP contribution is -2.27. The predicted octanol–water partition coefficient (Wildman–Crippen LogP) is 2.80. The van der Waals surface area contributed by atoms with E-state index in [-0.39, 0.29) is 6.04 Å². The average Bonchev–Trinajstić information content (AvgIpc) is 2.29. The summed E-state index contributed by atoms with van der Waals surface area (Å²) in [6, 6.07) is 8.56. The zero-order valence-corrected chi connectivity index (χ0v) is 11.8. The van der Waals surface area contributed by atoms with Crippen molar-refractivity contribution in [2.24, 2.45) is 0 Å². The van der Waals surface area contributed by atoms with E-state index in [0.717, 1.165) is 18.7 Å². The van der Waals surface area contributed by atoms with Crippen LogP contribution in [-0.2, 0) is 10.8 Å². The first kappa shape index (κ1) is 14.4. The molecule has 2 unspecified atom stereocenters. The van der Waals surface area contributed by atoms with Gasteiger partial charge in [-0.1, -0.05) is 38.1 Å². The third-order valence-electron chi connectivity index (χ3n) is 2.80. The van der Waals surface area contributed by atoms with Crippen molar-refractivity contribution >= 4 is 10.8 Å². The van der Waals surface area contributed by atoms with Crippen LogP contribution in [0, 0.1) is 6.92 Å². The van der Waals surface area contributed by atoms with Crippen molar-refractivity contribution in [2.45, 2.75) is 33.2 Å². The molecule has 2 nitrogen and oxygen atoms in total. The summed E-state index contributed by atoms with van der Waals surface area (Å²) in [6.07, 6.45) is 0.985. The Bertz CT molecular complexity index is 365. The second kappa shape index (κ2) is 7.62. The Morgan fingerprint density at radius 1 is 1.29 bits per heavy atom. The molecular formula is C14H23NOS. The van der Waals surface area contributed by atoms with Gasteiger partial charge in [0.25, 0.3) is 0 Å². The number of benzene rings is 1. The first-order chi connectivity index (χ1) is 8.19. The maximum absolute atomic E-state index is 11.9. The molecule has 0 amide bonds. The molecule has 0 aromatic heterocycles. The van der Waals surface area contributed by atoms with E-state index in [9.17, 15) is 4.21 Å². The summed E-state index contributed by atoms with van der Waals surface area (Å²) >= 11 is 0. The molecule has 0 saturated heterocycles. The van der Waals surface area contributed by atoms with Gasteiger partial charge in [-0.25, -0.2) is 0 Å². The Balaban J connectivity index is 2.78. The van der Waals surface area contributed by atoms with E-state index in [1.54, 1.807) is 0 Å². The van der Waals surface area contributed by atoms with E-state index in [1.807, 2.05) is 6.07 Å². The quantitative estimate of drug-likeness (QED) is 0.809. The fourth-order valence-electron chi connectivity index (χ4n) is 1.98. The zero-order chi connectivity index (χ0) is 12.7. The van der Waals surface area contributed by atoms with E-state index >= 15 is 0 Å². The van der Waals surface area contributed by atoms with Gasteiger partial charge in [-0.05, 0) is 31.0 Å². The molecule has 0 radical (unpaired) electrons. The summed E-state index contributed by atoms with van der Waals surface area (Å²) < 4.78 is 11.9. The highest BCUT2D eigenvalue weighted by molar-refractivity contribution is 7.85. The average molecular weight is 253 g/mol. The van der Waals surface area contributed by atoms with Gasteiger partial charge in [0, 0.05) is 28.3 Å². The molecule has 17 heavy (non-hydrogen) atoms. The van der Waals surface area contributed by atoms with Crippen LogP contribution in [0.25, 0.3) is 0 Å². The van der Waals surface area contributed by atoms with Gasteiger partial charge in [0.2, 0.25) is 0 Å². The van der Waals surface area contributed by atoms with Crippen molar-refractivity contribution in [3.05, 3.63) is 35.4 Å². The molecule has 1 N–H and O–H groups in total. The van der Waals surface area contributed by atoms with Crippen molar-refractivity contribution in [3.8, 4) is 0 Å². The molecule has 1 rings (SSSR count). The van der Waals surface area contributed by atoms with Crippen molar-refractivity contribution < 1.29 is 4.21 Å². The Morgan fingerprint density at radius 3 is 2.59 bits per heavy atom. The molecule has 0 aliphatic heterocycles. The number of nitrogens with one attached hydrogen (secondary N) is 1. The lowest BCUT2D eigenvalue weighted by Gasteiger charge is -2.19. The maximum atomic E-state index is 11.9. The minimum absolute atomic E-state index is 0.216. The van der Waals surface area contributed by atoms with Gasteiger partial charge in [0.1, 0.15) is 0 Å². The highest BCUT2D eigenvalue weighted by Gasteiger charge is 2.15. The summed E-state index contributed by atoms with van der Waals surface area (Å²) in [5, 5.41) is 3.44. The van der Waals surface area contributed by atoms with Crippen LogP contribution in [0.15, 0.2) is 24.3 Å². The van der Waals surface area contributed by atoms with Crippen LogP contribution >= 0.6 is 0 Å². The topological polar surface area (TPSA) is 29.1 Å². The standard InChI is InChI=1S/C14H23NOS/c1-4-10-17(16)11-14(15-5-2)13-9-7-6-8-12(13)3/h6-9,14-15H,4-5,10-11H2,1-3H3. The summed E-state index contributed by atoms with van der Waals surface area (Å²) in [5.41, 5.74) is 2.55. The largest absolute Gasteiger partial charge is 0.309 e. The SMILES string of the molecule is CCCS(=O)CC(NCC)c1ccccc1C. The van der Waals surface area contributed by atoms with E-state index in [2.05, 4.69) is 44.3 Å². The summed E-state index contributed by atoms with van der Waals surface area (Å²) in [4.78, 5) is 0. The molecule has 0 bridgehead atoms. The molecule has 1 aromatic carbocycles. The van der Waals surface area contributed by atoms with E-state index in [1.165, 1.54) is 11.1 Å². The van der Waals surface area contributed by atoms with Gasteiger partial charge in [0.05, 0.1) is 0 Å². The van der Waals surface area contributed by atoms with Crippen molar-refractivity contribution in [2.75, 3.05) is 18.1 Å². The molecule has 0 heterocycles. The molecule has 0 saturated carbocycles. The highest BCUT2D eigenvalue weighted by Crippen LogP contribution is 2.18. The van der Waals surface area contributed by atoms with Crippen LogP contribution in [0.4, 0.5) is 0 Å². The molecule has 0 fully saturated rings. The van der Waals surface area contributed by atoms with E-state index < -0.39 is 10.8 Å². The maximum Gasteiger partial charge on any atom is 0.0439 e. The lowest BCUT2D eigenvalue weighted by atomic mass is 10.0. The second-order valence-corrected chi connectivity index (χ2v) is 5.90. The Hall–Kier alpha value is -0.670. The van der Waals surface area contributed by atoms with Gasteiger partial charge >= 0.3 is 0 Å². The van der Waals surface area contributed by atoms with Crippen LogP contribution in [0.1, 0.15) is 37.4 Å². The lowest BCUT2D eigenvalue weighted by molar-refractivity contribution is 0.591. The highest BCUT2D eigenvalue weighted by atomic mass is 32.2. The molecular weight excluding hydrogens is 230 g/mol. The molecule has 96 valence electrons. The van der Waals surface area contributed by atoms with Crippen molar-refractivity contribution in [1.82, 2.24) is 5.32 Å². The Labute approximate surface area is 107 Å². The van der Waals surface area contributed by atoms with Gasteiger partial charge in [-0.2, -0.15) is 0 Å². The number of hydrogen-bond acceptors (Lipinski definition) is 2. The van der Waals surface area contributed by atoms with Crippen LogP contribution in [0.3, 0.4) is 0 Å². The number of aryl methyl sites for hydroxylation is 1. The van der Waals surface area contributed by atoms with E-state index in [4.69, 9.17) is 0 Å². The second-order valence-electron chi connectivity index (χ2n) is 4.28. The first-order valence-corrected chi connectivity index (χ1v) is 7.81. The zero-order valence-electron chi connectivity index (χ0n) is 11.0. The molecule has 0 spiro atoms. The Morgan fingerprint density at radius 2 is 2.00 bits per heavy atom. The van der Waals surface area contributed by atoms with Crippen molar-refractivity contribution in [3.63, 3.8) is 0 Å². The first-order valence-electron chi connectivity index (χ1n) is 6.32. The number of hydrogen-bond donors (Lipinski definition) is 1. The van der Waals surface area contributed by atoms with Crippen LogP contribution in [-0.4, -0.2) is 22.3 Å². The monoisotopic (exact) mass is 253 g/mol. The fraction of sp³-hybridized carbons (Fsp3) is 0.571. The summed E-state index contributed by atoms with van der Waals surface area (Å²) in [7, 11) is -0.723. The summed E-state index contributed by atoms with van der Waals surface area (Å²) in [6.45, 7) is 7.19. The predicted molar refractivity (Wildman–Crippen MR) is 75.8 cm³/mol. The molecule has 1 aromatic rings. The third kappa shape index (κ3) is 4.60. The van der Waals surface area contributed by atoms with Crippen LogP contribution < -0.4 is 5.32 Å².